The Morgan fingerprint density at radius 3 is 2.20 bits per heavy atom. The molecule has 0 aliphatic rings. The number of ether oxygens (including phenoxy) is 1. The van der Waals surface area contributed by atoms with Crippen LogP contribution in [0.2, 0.25) is 0 Å². The van der Waals surface area contributed by atoms with Crippen LogP contribution in [-0.2, 0) is 9.53 Å². The third kappa shape index (κ3) is 3.49. The van der Waals surface area contributed by atoms with Crippen molar-refractivity contribution in [3.8, 4) is 0 Å². The van der Waals surface area contributed by atoms with E-state index in [1.807, 2.05) is 0 Å². The molecular weight excluding hydrogens is 223 g/mol. The SMILES string of the molecule is C=CC(=O)OCC(C)C(F)(F)C(F)(F)F. The van der Waals surface area contributed by atoms with Gasteiger partial charge >= 0.3 is 18.1 Å². The van der Waals surface area contributed by atoms with Gasteiger partial charge in [0, 0.05) is 6.08 Å². The van der Waals surface area contributed by atoms with Crippen molar-refractivity contribution in [1.82, 2.24) is 0 Å². The van der Waals surface area contributed by atoms with Gasteiger partial charge in [-0.15, -0.1) is 0 Å². The predicted molar refractivity (Wildman–Crippen MR) is 41.3 cm³/mol. The second-order valence-electron chi connectivity index (χ2n) is 2.86. The molecule has 1 atom stereocenters. The number of rotatable bonds is 4. The highest BCUT2D eigenvalue weighted by Gasteiger charge is 2.60. The fourth-order valence-electron chi connectivity index (χ4n) is 0.650. The lowest BCUT2D eigenvalue weighted by Gasteiger charge is -2.25. The van der Waals surface area contributed by atoms with E-state index in [-0.39, 0.29) is 0 Å². The van der Waals surface area contributed by atoms with E-state index in [9.17, 15) is 26.7 Å². The van der Waals surface area contributed by atoms with E-state index in [0.29, 0.717) is 13.0 Å². The minimum absolute atomic E-state index is 0.643. The van der Waals surface area contributed by atoms with Crippen molar-refractivity contribution in [1.29, 1.82) is 0 Å². The van der Waals surface area contributed by atoms with Crippen molar-refractivity contribution in [2.45, 2.75) is 19.0 Å². The molecule has 0 spiro atoms. The zero-order chi connectivity index (χ0) is 12.3. The van der Waals surface area contributed by atoms with Crippen LogP contribution in [0.3, 0.4) is 0 Å². The number of esters is 1. The molecule has 7 heteroatoms. The number of carbonyl (C=O) groups excluding carboxylic acids is 1. The van der Waals surface area contributed by atoms with Gasteiger partial charge in [0.1, 0.15) is 6.61 Å². The van der Waals surface area contributed by atoms with Gasteiger partial charge in [0.25, 0.3) is 0 Å². The van der Waals surface area contributed by atoms with Crippen LogP contribution in [0.1, 0.15) is 6.92 Å². The monoisotopic (exact) mass is 232 g/mol. The first-order chi connectivity index (χ1) is 6.63. The van der Waals surface area contributed by atoms with E-state index < -0.39 is 30.6 Å². The molecule has 0 saturated heterocycles. The number of carbonyl (C=O) groups is 1. The van der Waals surface area contributed by atoms with E-state index in [0.717, 1.165) is 0 Å². The molecule has 0 aromatic carbocycles. The molecule has 0 bridgehead atoms. The molecular formula is C8H9F5O2. The van der Waals surface area contributed by atoms with Gasteiger partial charge in [0.15, 0.2) is 0 Å². The average Bonchev–Trinajstić information content (AvgIpc) is 2.11. The van der Waals surface area contributed by atoms with Crippen LogP contribution in [-0.4, -0.2) is 24.7 Å². The van der Waals surface area contributed by atoms with Gasteiger partial charge in [-0.2, -0.15) is 22.0 Å². The average molecular weight is 232 g/mol. The summed E-state index contributed by atoms with van der Waals surface area (Å²) in [5, 5.41) is 0. The van der Waals surface area contributed by atoms with Gasteiger partial charge in [-0.3, -0.25) is 0 Å². The second-order valence-corrected chi connectivity index (χ2v) is 2.86. The maximum atomic E-state index is 12.5. The Kier molecular flexibility index (Phi) is 4.24. The molecule has 0 aliphatic heterocycles. The minimum Gasteiger partial charge on any atom is -0.462 e. The second kappa shape index (κ2) is 4.59. The molecule has 0 N–H and O–H groups in total. The molecule has 0 radical (unpaired) electrons. The predicted octanol–water partition coefficient (Wildman–Crippen LogP) is 2.55. The summed E-state index contributed by atoms with van der Waals surface area (Å²) in [6.07, 6.45) is -4.97. The van der Waals surface area contributed by atoms with Crippen molar-refractivity contribution in [2.24, 2.45) is 5.92 Å². The highest BCUT2D eigenvalue weighted by molar-refractivity contribution is 5.81. The van der Waals surface area contributed by atoms with E-state index in [1.165, 1.54) is 0 Å². The summed E-state index contributed by atoms with van der Waals surface area (Å²) in [5.74, 6) is -8.06. The number of alkyl halides is 5. The van der Waals surface area contributed by atoms with Crippen LogP contribution < -0.4 is 0 Å². The zero-order valence-electron chi connectivity index (χ0n) is 7.78. The fourth-order valence-corrected chi connectivity index (χ4v) is 0.650. The molecule has 0 heterocycles. The highest BCUT2D eigenvalue weighted by Crippen LogP contribution is 2.41. The normalized spacial score (nSPS) is 14.5. The third-order valence-corrected chi connectivity index (χ3v) is 1.64. The Balaban J connectivity index is 4.38. The van der Waals surface area contributed by atoms with E-state index in [1.54, 1.807) is 0 Å². The van der Waals surface area contributed by atoms with E-state index in [2.05, 4.69) is 11.3 Å². The Morgan fingerprint density at radius 2 is 1.87 bits per heavy atom. The molecule has 0 fully saturated rings. The number of halogens is 5. The summed E-state index contributed by atoms with van der Waals surface area (Å²) in [7, 11) is 0. The number of hydrogen-bond donors (Lipinski definition) is 0. The molecule has 0 aliphatic carbocycles. The lowest BCUT2D eigenvalue weighted by Crippen LogP contribution is -2.44. The smallest absolute Gasteiger partial charge is 0.453 e. The van der Waals surface area contributed by atoms with Crippen LogP contribution >= 0.6 is 0 Å². The zero-order valence-corrected chi connectivity index (χ0v) is 7.78. The van der Waals surface area contributed by atoms with E-state index >= 15 is 0 Å². The Labute approximate surface area is 82.7 Å². The van der Waals surface area contributed by atoms with Gasteiger partial charge in [0.05, 0.1) is 5.92 Å². The van der Waals surface area contributed by atoms with Crippen molar-refractivity contribution in [3.63, 3.8) is 0 Å². The fraction of sp³-hybridized carbons (Fsp3) is 0.625. The van der Waals surface area contributed by atoms with Crippen LogP contribution in [0.15, 0.2) is 12.7 Å². The van der Waals surface area contributed by atoms with Crippen molar-refractivity contribution >= 4 is 5.97 Å². The van der Waals surface area contributed by atoms with Crippen LogP contribution in [0, 0.1) is 5.92 Å². The summed E-state index contributed by atoms with van der Waals surface area (Å²) >= 11 is 0. The molecule has 1 unspecified atom stereocenters. The Morgan fingerprint density at radius 1 is 1.40 bits per heavy atom. The van der Waals surface area contributed by atoms with Crippen LogP contribution in [0.5, 0.6) is 0 Å². The first kappa shape index (κ1) is 13.9. The molecule has 0 aromatic heterocycles. The van der Waals surface area contributed by atoms with Crippen LogP contribution in [0.4, 0.5) is 22.0 Å². The lowest BCUT2D eigenvalue weighted by atomic mass is 10.0. The summed E-state index contributed by atoms with van der Waals surface area (Å²) < 4.78 is 64.5. The van der Waals surface area contributed by atoms with Gasteiger partial charge in [-0.1, -0.05) is 13.5 Å². The first-order valence-corrected chi connectivity index (χ1v) is 3.86. The largest absolute Gasteiger partial charge is 0.462 e. The van der Waals surface area contributed by atoms with Crippen molar-refractivity contribution < 1.29 is 31.5 Å². The lowest BCUT2D eigenvalue weighted by molar-refractivity contribution is -0.303. The summed E-state index contributed by atoms with van der Waals surface area (Å²) in [4.78, 5) is 10.4. The van der Waals surface area contributed by atoms with Gasteiger partial charge < -0.3 is 4.74 Å². The van der Waals surface area contributed by atoms with Gasteiger partial charge in [0.2, 0.25) is 0 Å². The summed E-state index contributed by atoms with van der Waals surface area (Å²) in [5.41, 5.74) is 0. The molecule has 15 heavy (non-hydrogen) atoms. The molecule has 2 nitrogen and oxygen atoms in total. The maximum Gasteiger partial charge on any atom is 0.453 e. The molecule has 0 aromatic rings. The first-order valence-electron chi connectivity index (χ1n) is 3.86. The highest BCUT2D eigenvalue weighted by atomic mass is 19.4. The van der Waals surface area contributed by atoms with Crippen molar-refractivity contribution in [2.75, 3.05) is 6.61 Å². The standard InChI is InChI=1S/C8H9F5O2/c1-3-6(14)15-4-5(2)7(9,10)8(11,12)13/h3,5H,1,4H2,2H3. The Hall–Kier alpha value is -1.14. The van der Waals surface area contributed by atoms with Crippen molar-refractivity contribution in [3.05, 3.63) is 12.7 Å². The van der Waals surface area contributed by atoms with Gasteiger partial charge in [-0.05, 0) is 0 Å². The Bertz CT molecular complexity index is 246. The minimum atomic E-state index is -5.65. The van der Waals surface area contributed by atoms with E-state index in [4.69, 9.17) is 0 Å². The number of hydrogen-bond acceptors (Lipinski definition) is 2. The quantitative estimate of drug-likeness (QED) is 0.423. The van der Waals surface area contributed by atoms with Gasteiger partial charge in [-0.25, -0.2) is 4.79 Å². The third-order valence-electron chi connectivity index (χ3n) is 1.64. The topological polar surface area (TPSA) is 26.3 Å². The molecule has 0 rings (SSSR count). The molecule has 0 amide bonds. The maximum absolute atomic E-state index is 12.5. The summed E-state index contributed by atoms with van der Waals surface area (Å²) in [6, 6.07) is 0. The molecule has 0 saturated carbocycles. The molecule has 88 valence electrons. The summed E-state index contributed by atoms with van der Waals surface area (Å²) in [6.45, 7) is 2.59. The van der Waals surface area contributed by atoms with Crippen LogP contribution in [0.25, 0.3) is 0 Å².